The predicted molar refractivity (Wildman–Crippen MR) is 102 cm³/mol. The molecule has 1 unspecified atom stereocenters. The molecule has 3 atom stereocenters. The van der Waals surface area contributed by atoms with Crippen LogP contribution < -0.4 is 9.47 Å². The summed E-state index contributed by atoms with van der Waals surface area (Å²) in [6.45, 7) is 6.40. The van der Waals surface area contributed by atoms with E-state index in [1.54, 1.807) is 7.11 Å². The van der Waals surface area contributed by atoms with Crippen LogP contribution in [0.25, 0.3) is 0 Å². The summed E-state index contributed by atoms with van der Waals surface area (Å²) in [6, 6.07) is 6.18. The van der Waals surface area contributed by atoms with Crippen LogP contribution in [0, 0.1) is 5.41 Å². The maximum Gasteiger partial charge on any atom is 0.161 e. The van der Waals surface area contributed by atoms with Crippen molar-refractivity contribution in [1.29, 1.82) is 0 Å². The Morgan fingerprint density at radius 1 is 1.27 bits per heavy atom. The van der Waals surface area contributed by atoms with E-state index in [0.29, 0.717) is 6.54 Å². The molecule has 2 fully saturated rings. The highest BCUT2D eigenvalue weighted by Gasteiger charge is 2.46. The molecule has 146 valence electrons. The molecule has 1 aliphatic heterocycles. The van der Waals surface area contributed by atoms with Gasteiger partial charge in [0.05, 0.1) is 25.9 Å². The van der Waals surface area contributed by atoms with Gasteiger partial charge in [-0.15, -0.1) is 0 Å². The molecule has 2 N–H and O–H groups in total. The molecule has 1 heterocycles. The van der Waals surface area contributed by atoms with Gasteiger partial charge in [0.15, 0.2) is 11.5 Å². The van der Waals surface area contributed by atoms with Gasteiger partial charge in [-0.2, -0.15) is 0 Å². The van der Waals surface area contributed by atoms with Gasteiger partial charge in [-0.05, 0) is 50.3 Å². The molecule has 1 saturated heterocycles. The number of likely N-dealkylation sites (tertiary alicyclic amines) is 1. The van der Waals surface area contributed by atoms with E-state index in [1.165, 1.54) is 18.4 Å². The summed E-state index contributed by atoms with van der Waals surface area (Å²) in [5.41, 5.74) is 0.914. The quantitative estimate of drug-likeness (QED) is 0.780. The number of aliphatic hydroxyl groups is 2. The van der Waals surface area contributed by atoms with Gasteiger partial charge in [0, 0.05) is 31.0 Å². The number of methoxy groups -OCH3 is 1. The zero-order valence-corrected chi connectivity index (χ0v) is 16.3. The molecular formula is C21H33NO4. The highest BCUT2D eigenvalue weighted by molar-refractivity contribution is 5.45. The smallest absolute Gasteiger partial charge is 0.161 e. The number of aliphatic hydroxyl groups excluding tert-OH is 2. The molecule has 5 heteroatoms. The van der Waals surface area contributed by atoms with Gasteiger partial charge in [0.2, 0.25) is 0 Å². The summed E-state index contributed by atoms with van der Waals surface area (Å²) in [7, 11) is 1.68. The minimum atomic E-state index is -0.433. The van der Waals surface area contributed by atoms with Gasteiger partial charge in [-0.1, -0.05) is 13.0 Å². The normalized spacial score (nSPS) is 28.4. The predicted octanol–water partition coefficient (Wildman–Crippen LogP) is 2.80. The second-order valence-electron chi connectivity index (χ2n) is 8.13. The van der Waals surface area contributed by atoms with Crippen LogP contribution in [0.2, 0.25) is 0 Å². The van der Waals surface area contributed by atoms with Gasteiger partial charge in [-0.3, -0.25) is 4.90 Å². The van der Waals surface area contributed by atoms with Gasteiger partial charge >= 0.3 is 0 Å². The Morgan fingerprint density at radius 2 is 2.00 bits per heavy atom. The first-order valence-electron chi connectivity index (χ1n) is 9.84. The van der Waals surface area contributed by atoms with E-state index in [9.17, 15) is 10.2 Å². The van der Waals surface area contributed by atoms with E-state index < -0.39 is 6.10 Å². The van der Waals surface area contributed by atoms with Crippen molar-refractivity contribution in [1.82, 2.24) is 4.90 Å². The summed E-state index contributed by atoms with van der Waals surface area (Å²) in [4.78, 5) is 2.24. The van der Waals surface area contributed by atoms with Crippen LogP contribution in [0.4, 0.5) is 0 Å². The summed E-state index contributed by atoms with van der Waals surface area (Å²) >= 11 is 0. The van der Waals surface area contributed by atoms with Crippen molar-refractivity contribution >= 4 is 0 Å². The molecule has 1 aromatic carbocycles. The lowest BCUT2D eigenvalue weighted by atomic mass is 9.72. The topological polar surface area (TPSA) is 62.2 Å². The molecule has 0 radical (unpaired) electrons. The van der Waals surface area contributed by atoms with Gasteiger partial charge in [-0.25, -0.2) is 0 Å². The monoisotopic (exact) mass is 363 g/mol. The standard InChI is InChI=1S/C21H33NO4/c1-15(24)21(2)14-22(10-11-23)13-18(21)16-8-9-19(25-3)20(12-16)26-17-6-4-5-7-17/h8-9,12,15,17-18,23-24H,4-7,10-11,13-14H2,1-3H3/t15?,18-,21-/m0/s1. The number of rotatable bonds is 7. The first kappa shape index (κ1) is 19.5. The lowest BCUT2D eigenvalue weighted by molar-refractivity contribution is 0.0468. The molecular weight excluding hydrogens is 330 g/mol. The molecule has 2 aliphatic rings. The van der Waals surface area contributed by atoms with Crippen LogP contribution in [0.3, 0.4) is 0 Å². The largest absolute Gasteiger partial charge is 0.493 e. The first-order chi connectivity index (χ1) is 12.5. The molecule has 0 bridgehead atoms. The third-order valence-corrected chi connectivity index (χ3v) is 6.36. The Kier molecular flexibility index (Phi) is 6.10. The van der Waals surface area contributed by atoms with Crippen LogP contribution in [-0.4, -0.2) is 60.7 Å². The molecule has 0 aromatic heterocycles. The Balaban J connectivity index is 1.88. The maximum absolute atomic E-state index is 10.5. The van der Waals surface area contributed by atoms with Gasteiger partial charge in [0.1, 0.15) is 0 Å². The summed E-state index contributed by atoms with van der Waals surface area (Å²) in [5, 5.41) is 19.8. The van der Waals surface area contributed by atoms with Crippen molar-refractivity contribution in [2.45, 2.75) is 57.7 Å². The van der Waals surface area contributed by atoms with Crippen molar-refractivity contribution < 1.29 is 19.7 Å². The van der Waals surface area contributed by atoms with Crippen molar-refractivity contribution in [2.24, 2.45) is 5.41 Å². The number of hydrogen-bond donors (Lipinski definition) is 2. The molecule has 1 aromatic rings. The van der Waals surface area contributed by atoms with E-state index in [2.05, 4.69) is 24.0 Å². The fourth-order valence-corrected chi connectivity index (χ4v) is 4.53. The highest BCUT2D eigenvalue weighted by Crippen LogP contribution is 2.47. The fraction of sp³-hybridized carbons (Fsp3) is 0.714. The van der Waals surface area contributed by atoms with Crippen LogP contribution in [0.15, 0.2) is 18.2 Å². The Bertz CT molecular complexity index is 600. The number of benzene rings is 1. The van der Waals surface area contributed by atoms with Crippen LogP contribution in [0.5, 0.6) is 11.5 Å². The number of nitrogens with zero attached hydrogens (tertiary/aromatic N) is 1. The van der Waals surface area contributed by atoms with Gasteiger partial charge in [0.25, 0.3) is 0 Å². The van der Waals surface area contributed by atoms with E-state index in [1.807, 2.05) is 13.0 Å². The minimum Gasteiger partial charge on any atom is -0.493 e. The van der Waals surface area contributed by atoms with E-state index in [0.717, 1.165) is 37.4 Å². The molecule has 0 spiro atoms. The number of ether oxygens (including phenoxy) is 2. The lowest BCUT2D eigenvalue weighted by Gasteiger charge is -2.34. The molecule has 1 saturated carbocycles. The molecule has 0 amide bonds. The van der Waals surface area contributed by atoms with Crippen LogP contribution in [0.1, 0.15) is 51.0 Å². The molecule has 1 aliphatic carbocycles. The van der Waals surface area contributed by atoms with Gasteiger partial charge < -0.3 is 19.7 Å². The fourth-order valence-electron chi connectivity index (χ4n) is 4.53. The zero-order chi connectivity index (χ0) is 18.7. The minimum absolute atomic E-state index is 0.140. The highest BCUT2D eigenvalue weighted by atomic mass is 16.5. The van der Waals surface area contributed by atoms with Crippen molar-refractivity contribution in [2.75, 3.05) is 33.4 Å². The Morgan fingerprint density at radius 3 is 2.62 bits per heavy atom. The first-order valence-corrected chi connectivity index (χ1v) is 9.84. The Hall–Kier alpha value is -1.30. The summed E-state index contributed by atoms with van der Waals surface area (Å²) in [6.07, 6.45) is 4.50. The van der Waals surface area contributed by atoms with Crippen molar-refractivity contribution in [3.63, 3.8) is 0 Å². The summed E-state index contributed by atoms with van der Waals surface area (Å²) < 4.78 is 11.8. The lowest BCUT2D eigenvalue weighted by Crippen LogP contribution is -2.37. The van der Waals surface area contributed by atoms with E-state index in [4.69, 9.17) is 9.47 Å². The third-order valence-electron chi connectivity index (χ3n) is 6.36. The second-order valence-corrected chi connectivity index (χ2v) is 8.13. The summed E-state index contributed by atoms with van der Waals surface area (Å²) in [5.74, 6) is 1.76. The van der Waals surface area contributed by atoms with Crippen molar-refractivity contribution in [3.05, 3.63) is 23.8 Å². The van der Waals surface area contributed by atoms with E-state index in [-0.39, 0.29) is 24.0 Å². The molecule has 5 nitrogen and oxygen atoms in total. The van der Waals surface area contributed by atoms with E-state index >= 15 is 0 Å². The third kappa shape index (κ3) is 3.85. The molecule has 26 heavy (non-hydrogen) atoms. The second kappa shape index (κ2) is 8.15. The van der Waals surface area contributed by atoms with Crippen molar-refractivity contribution in [3.8, 4) is 11.5 Å². The number of hydrogen-bond acceptors (Lipinski definition) is 5. The average molecular weight is 363 g/mol. The SMILES string of the molecule is COc1ccc([C@@H]2CN(CCO)C[C@@]2(C)C(C)O)cc1OC1CCCC1. The zero-order valence-electron chi connectivity index (χ0n) is 16.3. The van der Waals surface area contributed by atoms with Crippen LogP contribution >= 0.6 is 0 Å². The maximum atomic E-state index is 10.5. The number of β-amino-alcohol motifs (C(OH)–C–C–N with tert-alkyl or cyclic N) is 1. The average Bonchev–Trinajstić information content (AvgIpc) is 3.23. The Labute approximate surface area is 156 Å². The molecule has 3 rings (SSSR count). The van der Waals surface area contributed by atoms with Crippen LogP contribution in [-0.2, 0) is 0 Å².